The van der Waals surface area contributed by atoms with Gasteiger partial charge in [-0.05, 0) is 36.4 Å². The van der Waals surface area contributed by atoms with Gasteiger partial charge in [0.1, 0.15) is 17.2 Å². The van der Waals surface area contributed by atoms with Crippen LogP contribution in [0, 0.1) is 5.82 Å². The third-order valence-electron chi connectivity index (χ3n) is 5.80. The molecule has 11 nitrogen and oxygen atoms in total. The lowest BCUT2D eigenvalue weighted by atomic mass is 9.91. The van der Waals surface area contributed by atoms with E-state index in [-0.39, 0.29) is 22.9 Å². The van der Waals surface area contributed by atoms with Crippen LogP contribution < -0.4 is 36.1 Å². The Morgan fingerprint density at radius 2 is 1.55 bits per heavy atom. The van der Waals surface area contributed by atoms with Gasteiger partial charge in [0.05, 0.1) is 27.0 Å². The number of fused-ring (bicyclic) bond motifs is 1. The van der Waals surface area contributed by atoms with Gasteiger partial charge in [0.2, 0.25) is 5.75 Å². The first-order chi connectivity index (χ1) is 17.9. The number of rotatable bonds is 6. The summed E-state index contributed by atoms with van der Waals surface area (Å²) in [6.07, 6.45) is -5.57. The van der Waals surface area contributed by atoms with Crippen molar-refractivity contribution in [2.24, 2.45) is 0 Å². The van der Waals surface area contributed by atoms with Gasteiger partial charge >= 0.3 is 11.9 Å². The second-order valence-electron chi connectivity index (χ2n) is 7.86. The molecular formula is C23H18F4N4O7. The number of alkyl halides is 3. The van der Waals surface area contributed by atoms with Crippen LogP contribution >= 0.6 is 0 Å². The van der Waals surface area contributed by atoms with E-state index in [0.717, 1.165) is 36.4 Å². The SMILES string of the molecule is COc1cc(C(=O)N[C@]2(C(F)(F)F)C(=O)Nc3c2c(=O)[nH]c(=O)n3-c2ccc(F)cc2)cc(OC)c1OC. The van der Waals surface area contributed by atoms with E-state index in [2.05, 4.69) is 0 Å². The molecule has 0 unspecified atom stereocenters. The molecule has 3 N–H and O–H groups in total. The number of ether oxygens (including phenoxy) is 3. The molecule has 0 saturated heterocycles. The average Bonchev–Trinajstić information content (AvgIpc) is 3.16. The van der Waals surface area contributed by atoms with Crippen molar-refractivity contribution in [1.29, 1.82) is 0 Å². The normalized spacial score (nSPS) is 16.4. The fraction of sp³-hybridized carbons (Fsp3) is 0.217. The molecule has 38 heavy (non-hydrogen) atoms. The molecule has 0 saturated carbocycles. The number of hydrogen-bond donors (Lipinski definition) is 3. The van der Waals surface area contributed by atoms with Crippen LogP contribution in [-0.4, -0.2) is 48.9 Å². The second-order valence-corrected chi connectivity index (χ2v) is 7.86. The predicted octanol–water partition coefficient (Wildman–Crippen LogP) is 1.83. The molecule has 2 aromatic carbocycles. The lowest BCUT2D eigenvalue weighted by Crippen LogP contribution is -2.62. The number of carbonyl (C=O) groups excluding carboxylic acids is 2. The van der Waals surface area contributed by atoms with Gasteiger partial charge in [-0.15, -0.1) is 0 Å². The Bertz CT molecular complexity index is 1540. The monoisotopic (exact) mass is 538 g/mol. The van der Waals surface area contributed by atoms with Crippen molar-refractivity contribution in [2.45, 2.75) is 11.7 Å². The van der Waals surface area contributed by atoms with Crippen LogP contribution in [0.5, 0.6) is 17.2 Å². The number of aromatic nitrogens is 2. The van der Waals surface area contributed by atoms with Crippen LogP contribution in [0.25, 0.3) is 5.69 Å². The molecule has 1 aromatic heterocycles. The molecule has 0 radical (unpaired) electrons. The Balaban J connectivity index is 1.94. The number of nitrogens with zero attached hydrogens (tertiary/aromatic N) is 1. The zero-order valence-electron chi connectivity index (χ0n) is 19.8. The number of amides is 2. The smallest absolute Gasteiger partial charge is 0.425 e. The van der Waals surface area contributed by atoms with E-state index in [1.807, 2.05) is 5.32 Å². The van der Waals surface area contributed by atoms with E-state index < -0.39 is 57.5 Å². The number of anilines is 1. The highest BCUT2D eigenvalue weighted by Gasteiger charge is 2.68. The maximum atomic E-state index is 14.7. The zero-order chi connectivity index (χ0) is 28.0. The van der Waals surface area contributed by atoms with Gasteiger partial charge in [0, 0.05) is 5.56 Å². The summed E-state index contributed by atoms with van der Waals surface area (Å²) in [4.78, 5) is 53.1. The van der Waals surface area contributed by atoms with Gasteiger partial charge < -0.3 is 24.8 Å². The first kappa shape index (κ1) is 26.2. The van der Waals surface area contributed by atoms with E-state index in [1.165, 1.54) is 21.3 Å². The molecule has 0 aliphatic carbocycles. The first-order valence-corrected chi connectivity index (χ1v) is 10.6. The molecule has 1 aliphatic heterocycles. The summed E-state index contributed by atoms with van der Waals surface area (Å²) in [5.41, 5.74) is -8.60. The topological polar surface area (TPSA) is 141 Å². The van der Waals surface area contributed by atoms with Gasteiger partial charge in [-0.2, -0.15) is 13.2 Å². The minimum atomic E-state index is -5.57. The van der Waals surface area contributed by atoms with Crippen LogP contribution in [0.3, 0.4) is 0 Å². The summed E-state index contributed by atoms with van der Waals surface area (Å²) in [7, 11) is 3.70. The number of nitrogens with one attached hydrogen (secondary N) is 3. The number of halogens is 4. The number of benzene rings is 2. The molecule has 4 rings (SSSR count). The maximum Gasteiger partial charge on any atom is 0.425 e. The number of carbonyl (C=O) groups is 2. The molecule has 0 fully saturated rings. The number of methoxy groups -OCH3 is 3. The van der Waals surface area contributed by atoms with Crippen molar-refractivity contribution < 1.29 is 41.4 Å². The Labute approximate surface area is 209 Å². The Morgan fingerprint density at radius 3 is 2.05 bits per heavy atom. The largest absolute Gasteiger partial charge is 0.493 e. The fourth-order valence-electron chi connectivity index (χ4n) is 4.07. The van der Waals surface area contributed by atoms with Gasteiger partial charge in [0.15, 0.2) is 11.5 Å². The van der Waals surface area contributed by atoms with E-state index in [1.54, 1.807) is 10.3 Å². The molecule has 1 aliphatic rings. The lowest BCUT2D eigenvalue weighted by Gasteiger charge is -2.30. The Kier molecular flexibility index (Phi) is 6.38. The summed E-state index contributed by atoms with van der Waals surface area (Å²) in [5, 5.41) is 3.50. The summed E-state index contributed by atoms with van der Waals surface area (Å²) in [6, 6.07) is 6.00. The van der Waals surface area contributed by atoms with Crippen molar-refractivity contribution in [2.75, 3.05) is 26.6 Å². The van der Waals surface area contributed by atoms with Gasteiger partial charge in [-0.3, -0.25) is 19.4 Å². The van der Waals surface area contributed by atoms with Crippen LogP contribution in [0.1, 0.15) is 15.9 Å². The molecule has 200 valence electrons. The highest BCUT2D eigenvalue weighted by atomic mass is 19.4. The molecule has 2 heterocycles. The van der Waals surface area contributed by atoms with Gasteiger partial charge in [0.25, 0.3) is 22.9 Å². The standard InChI is InChI=1S/C23H18F4N4O7/c1-36-13-8-10(9-14(37-2)16(13)38-3)18(32)30-22(23(25,26)27)15-17(28-20(22)34)31(21(35)29-19(15)33)12-6-4-11(24)5-7-12/h4-9H,1-3H3,(H,28,34)(H,30,32)(H,29,33,35)/t22-/m0/s1. The fourth-order valence-corrected chi connectivity index (χ4v) is 4.07. The molecule has 0 bridgehead atoms. The van der Waals surface area contributed by atoms with Crippen LogP contribution in [0.4, 0.5) is 23.4 Å². The third-order valence-corrected chi connectivity index (χ3v) is 5.80. The highest BCUT2D eigenvalue weighted by molar-refractivity contribution is 6.09. The molecule has 0 spiro atoms. The summed E-state index contributed by atoms with van der Waals surface area (Å²) in [5.74, 6) is -4.96. The minimum absolute atomic E-state index is 0.0424. The van der Waals surface area contributed by atoms with Crippen LogP contribution in [0.2, 0.25) is 0 Å². The van der Waals surface area contributed by atoms with Crippen LogP contribution in [-0.2, 0) is 10.3 Å². The van der Waals surface area contributed by atoms with Gasteiger partial charge in [-0.1, -0.05) is 0 Å². The number of aromatic amines is 1. The molecular weight excluding hydrogens is 520 g/mol. The minimum Gasteiger partial charge on any atom is -0.493 e. The van der Waals surface area contributed by atoms with E-state index in [4.69, 9.17) is 14.2 Å². The highest BCUT2D eigenvalue weighted by Crippen LogP contribution is 2.46. The van der Waals surface area contributed by atoms with Crippen molar-refractivity contribution >= 4 is 17.6 Å². The zero-order valence-corrected chi connectivity index (χ0v) is 19.8. The molecule has 15 heteroatoms. The van der Waals surface area contributed by atoms with Crippen molar-refractivity contribution in [3.63, 3.8) is 0 Å². The molecule has 1 atom stereocenters. The van der Waals surface area contributed by atoms with Gasteiger partial charge in [-0.25, -0.2) is 13.8 Å². The summed E-state index contributed by atoms with van der Waals surface area (Å²) >= 11 is 0. The van der Waals surface area contributed by atoms with Crippen molar-refractivity contribution in [1.82, 2.24) is 14.9 Å². The third kappa shape index (κ3) is 3.91. The summed E-state index contributed by atoms with van der Waals surface area (Å²) < 4.78 is 73.3. The average molecular weight is 538 g/mol. The second kappa shape index (κ2) is 9.24. The summed E-state index contributed by atoms with van der Waals surface area (Å²) in [6.45, 7) is 0. The number of H-pyrrole nitrogens is 1. The van der Waals surface area contributed by atoms with E-state index >= 15 is 0 Å². The first-order valence-electron chi connectivity index (χ1n) is 10.6. The van der Waals surface area contributed by atoms with Crippen molar-refractivity contribution in [3.05, 3.63) is 74.2 Å². The quantitative estimate of drug-likeness (QED) is 0.407. The maximum absolute atomic E-state index is 14.7. The Morgan fingerprint density at radius 1 is 0.974 bits per heavy atom. The lowest BCUT2D eigenvalue weighted by molar-refractivity contribution is -0.196. The number of hydrogen-bond acceptors (Lipinski definition) is 7. The van der Waals surface area contributed by atoms with E-state index in [9.17, 15) is 36.7 Å². The Hall–Kier alpha value is -4.82. The predicted molar refractivity (Wildman–Crippen MR) is 123 cm³/mol. The van der Waals surface area contributed by atoms with Crippen LogP contribution in [0.15, 0.2) is 46.0 Å². The van der Waals surface area contributed by atoms with Crippen molar-refractivity contribution in [3.8, 4) is 22.9 Å². The molecule has 3 aromatic rings. The van der Waals surface area contributed by atoms with E-state index in [0.29, 0.717) is 4.57 Å². The molecule has 2 amide bonds.